The number of pyridine rings is 1. The van der Waals surface area contributed by atoms with Crippen LogP contribution in [0.15, 0.2) is 23.0 Å². The van der Waals surface area contributed by atoms with Crippen LogP contribution in [0.3, 0.4) is 0 Å². The monoisotopic (exact) mass is 347 g/mol. The molecule has 0 aliphatic rings. The highest BCUT2D eigenvalue weighted by Crippen LogP contribution is 2.34. The number of carbonyl (C=O) groups is 1. The number of fused-ring (bicyclic) bond motifs is 1. The first-order valence-electron chi connectivity index (χ1n) is 8.48. The number of esters is 1. The van der Waals surface area contributed by atoms with Crippen molar-refractivity contribution in [3.63, 3.8) is 0 Å². The van der Waals surface area contributed by atoms with Crippen LogP contribution < -0.4 is 19.8 Å². The molecule has 2 aromatic rings. The van der Waals surface area contributed by atoms with Crippen molar-refractivity contribution in [1.82, 2.24) is 4.57 Å². The second-order valence-electron chi connectivity index (χ2n) is 6.11. The Morgan fingerprint density at radius 3 is 2.52 bits per heavy atom. The normalized spacial score (nSPS) is 11.0. The summed E-state index contributed by atoms with van der Waals surface area (Å²) >= 11 is 0. The minimum absolute atomic E-state index is 0.0236. The predicted octanol–water partition coefficient (Wildman–Crippen LogP) is 3.52. The third-order valence-corrected chi connectivity index (χ3v) is 3.71. The summed E-state index contributed by atoms with van der Waals surface area (Å²) in [5, 5.41) is 0.700. The minimum Gasteiger partial charge on any atom is -0.492 e. The molecular formula is C19H25NO5. The highest BCUT2D eigenvalue weighted by molar-refractivity contribution is 5.90. The van der Waals surface area contributed by atoms with E-state index in [1.165, 1.54) is 14.0 Å². The summed E-state index contributed by atoms with van der Waals surface area (Å²) in [6, 6.07) is 5.46. The van der Waals surface area contributed by atoms with Crippen LogP contribution in [-0.4, -0.2) is 23.8 Å². The van der Waals surface area contributed by atoms with Gasteiger partial charge in [0.1, 0.15) is 5.75 Å². The number of nitrogens with zero attached hydrogens (tertiary/aromatic N) is 1. The van der Waals surface area contributed by atoms with Gasteiger partial charge in [0.2, 0.25) is 5.75 Å². The maximum atomic E-state index is 12.9. The Hall–Kier alpha value is -2.50. The number of unbranched alkanes of at least 4 members (excludes halogenated alkanes) is 1. The lowest BCUT2D eigenvalue weighted by atomic mass is 10.1. The average molecular weight is 347 g/mol. The first-order chi connectivity index (χ1) is 11.9. The summed E-state index contributed by atoms with van der Waals surface area (Å²) in [5.41, 5.74) is 0.319. The van der Waals surface area contributed by atoms with Crippen LogP contribution in [0.1, 0.15) is 40.5 Å². The van der Waals surface area contributed by atoms with Gasteiger partial charge in [0, 0.05) is 24.9 Å². The largest absolute Gasteiger partial charge is 0.492 e. The SMILES string of the molecule is CCCCn1c(=O)c(OC(C)=O)c(OC)c2ccc(OC(C)C)cc21. The van der Waals surface area contributed by atoms with Crippen LogP contribution in [0.2, 0.25) is 0 Å². The molecule has 0 atom stereocenters. The second kappa shape index (κ2) is 8.05. The molecule has 0 amide bonds. The van der Waals surface area contributed by atoms with Gasteiger partial charge in [0.25, 0.3) is 5.56 Å². The molecule has 0 fully saturated rings. The Morgan fingerprint density at radius 1 is 1.24 bits per heavy atom. The van der Waals surface area contributed by atoms with Crippen molar-refractivity contribution in [3.05, 3.63) is 28.6 Å². The van der Waals surface area contributed by atoms with Gasteiger partial charge in [-0.2, -0.15) is 0 Å². The topological polar surface area (TPSA) is 66.8 Å². The Balaban J connectivity index is 2.77. The van der Waals surface area contributed by atoms with Crippen LogP contribution in [0.4, 0.5) is 0 Å². The van der Waals surface area contributed by atoms with Gasteiger partial charge >= 0.3 is 5.97 Å². The van der Waals surface area contributed by atoms with Crippen LogP contribution >= 0.6 is 0 Å². The number of hydrogen-bond acceptors (Lipinski definition) is 5. The minimum atomic E-state index is -0.559. The predicted molar refractivity (Wildman–Crippen MR) is 96.7 cm³/mol. The third-order valence-electron chi connectivity index (χ3n) is 3.71. The van der Waals surface area contributed by atoms with Gasteiger partial charge in [0.05, 0.1) is 18.7 Å². The molecule has 0 unspecified atom stereocenters. The molecule has 2 rings (SSSR count). The van der Waals surface area contributed by atoms with E-state index in [0.29, 0.717) is 23.2 Å². The molecule has 0 aliphatic carbocycles. The number of rotatable bonds is 7. The van der Waals surface area contributed by atoms with Gasteiger partial charge in [-0.1, -0.05) is 13.3 Å². The summed E-state index contributed by atoms with van der Waals surface area (Å²) in [6.07, 6.45) is 1.79. The summed E-state index contributed by atoms with van der Waals surface area (Å²) in [7, 11) is 1.45. The molecule has 6 heteroatoms. The van der Waals surface area contributed by atoms with Crippen molar-refractivity contribution >= 4 is 16.9 Å². The van der Waals surface area contributed by atoms with Crippen molar-refractivity contribution in [2.45, 2.75) is 53.2 Å². The smallest absolute Gasteiger partial charge is 0.308 e. The molecule has 6 nitrogen and oxygen atoms in total. The average Bonchev–Trinajstić information content (AvgIpc) is 2.54. The molecule has 0 bridgehead atoms. The van der Waals surface area contributed by atoms with E-state index < -0.39 is 5.97 Å². The zero-order valence-corrected chi connectivity index (χ0v) is 15.4. The van der Waals surface area contributed by atoms with Crippen LogP contribution in [0.5, 0.6) is 17.2 Å². The number of aryl methyl sites for hydroxylation is 1. The summed E-state index contributed by atoms with van der Waals surface area (Å²) < 4.78 is 17.9. The molecule has 1 aromatic carbocycles. The molecule has 0 saturated carbocycles. The lowest BCUT2D eigenvalue weighted by molar-refractivity contribution is -0.132. The van der Waals surface area contributed by atoms with Crippen molar-refractivity contribution < 1.29 is 19.0 Å². The molecule has 0 radical (unpaired) electrons. The van der Waals surface area contributed by atoms with E-state index >= 15 is 0 Å². The zero-order valence-electron chi connectivity index (χ0n) is 15.4. The zero-order chi connectivity index (χ0) is 18.6. The van der Waals surface area contributed by atoms with Gasteiger partial charge in [-0.05, 0) is 32.4 Å². The molecule has 25 heavy (non-hydrogen) atoms. The Bertz CT molecular complexity index is 823. The maximum absolute atomic E-state index is 12.9. The molecule has 1 heterocycles. The lowest BCUT2D eigenvalue weighted by Crippen LogP contribution is -2.24. The molecule has 136 valence electrons. The highest BCUT2D eigenvalue weighted by Gasteiger charge is 2.21. The van der Waals surface area contributed by atoms with E-state index in [0.717, 1.165) is 12.8 Å². The summed E-state index contributed by atoms with van der Waals surface area (Å²) in [6.45, 7) is 7.72. The van der Waals surface area contributed by atoms with Crippen molar-refractivity contribution in [2.75, 3.05) is 7.11 Å². The van der Waals surface area contributed by atoms with Crippen LogP contribution in [-0.2, 0) is 11.3 Å². The fourth-order valence-electron chi connectivity index (χ4n) is 2.70. The number of ether oxygens (including phenoxy) is 3. The Labute approximate surface area is 147 Å². The Kier molecular flexibility index (Phi) is 6.07. The van der Waals surface area contributed by atoms with E-state index in [-0.39, 0.29) is 23.2 Å². The number of hydrogen-bond donors (Lipinski definition) is 0. The first-order valence-corrected chi connectivity index (χ1v) is 8.48. The number of methoxy groups -OCH3 is 1. The van der Waals surface area contributed by atoms with Crippen molar-refractivity contribution in [3.8, 4) is 17.2 Å². The standard InChI is InChI=1S/C19H25NO5/c1-6-7-10-20-16-11-14(24-12(2)3)8-9-15(16)17(23-5)18(19(20)22)25-13(4)21/h8-9,11-12H,6-7,10H2,1-5H3. The van der Waals surface area contributed by atoms with E-state index in [1.807, 2.05) is 32.0 Å². The number of benzene rings is 1. The molecule has 0 N–H and O–H groups in total. The lowest BCUT2D eigenvalue weighted by Gasteiger charge is -2.18. The van der Waals surface area contributed by atoms with E-state index in [2.05, 4.69) is 6.92 Å². The third kappa shape index (κ3) is 4.13. The Morgan fingerprint density at radius 2 is 1.96 bits per heavy atom. The van der Waals surface area contributed by atoms with E-state index in [1.54, 1.807) is 4.57 Å². The number of aromatic nitrogens is 1. The molecule has 0 saturated heterocycles. The summed E-state index contributed by atoms with van der Waals surface area (Å²) in [4.78, 5) is 24.3. The van der Waals surface area contributed by atoms with Crippen LogP contribution in [0.25, 0.3) is 10.9 Å². The second-order valence-corrected chi connectivity index (χ2v) is 6.11. The highest BCUT2D eigenvalue weighted by atomic mass is 16.6. The summed E-state index contributed by atoms with van der Waals surface area (Å²) in [5.74, 6) is 0.307. The quantitative estimate of drug-likeness (QED) is 0.717. The fraction of sp³-hybridized carbons (Fsp3) is 0.474. The van der Waals surface area contributed by atoms with Crippen LogP contribution in [0, 0.1) is 0 Å². The van der Waals surface area contributed by atoms with Crippen molar-refractivity contribution in [2.24, 2.45) is 0 Å². The fourth-order valence-corrected chi connectivity index (χ4v) is 2.70. The van der Waals surface area contributed by atoms with E-state index in [9.17, 15) is 9.59 Å². The molecule has 0 spiro atoms. The molecule has 0 aliphatic heterocycles. The van der Waals surface area contributed by atoms with Gasteiger partial charge in [-0.3, -0.25) is 9.59 Å². The van der Waals surface area contributed by atoms with Gasteiger partial charge < -0.3 is 18.8 Å². The maximum Gasteiger partial charge on any atom is 0.308 e. The first kappa shape index (κ1) is 18.8. The molecular weight excluding hydrogens is 322 g/mol. The number of carbonyl (C=O) groups excluding carboxylic acids is 1. The van der Waals surface area contributed by atoms with Gasteiger partial charge in [0.15, 0.2) is 5.75 Å². The van der Waals surface area contributed by atoms with E-state index in [4.69, 9.17) is 14.2 Å². The van der Waals surface area contributed by atoms with Gasteiger partial charge in [-0.15, -0.1) is 0 Å². The molecule has 1 aromatic heterocycles. The van der Waals surface area contributed by atoms with Gasteiger partial charge in [-0.25, -0.2) is 0 Å². The van der Waals surface area contributed by atoms with Crippen molar-refractivity contribution in [1.29, 1.82) is 0 Å².